The van der Waals surface area contributed by atoms with Crippen LogP contribution in [0.4, 0.5) is 0 Å². The molecule has 0 atom stereocenters. The van der Waals surface area contributed by atoms with Gasteiger partial charge in [-0.05, 0) is 56.3 Å². The molecule has 6 nitrogen and oxygen atoms in total. The van der Waals surface area contributed by atoms with Crippen molar-refractivity contribution in [3.63, 3.8) is 0 Å². The highest BCUT2D eigenvalue weighted by atomic mass is 16.5. The van der Waals surface area contributed by atoms with Crippen LogP contribution in [0.1, 0.15) is 23.3 Å². The molecule has 23 heavy (non-hydrogen) atoms. The van der Waals surface area contributed by atoms with Crippen LogP contribution in [0.5, 0.6) is 5.75 Å². The highest BCUT2D eigenvalue weighted by Gasteiger charge is 2.13. The zero-order chi connectivity index (χ0) is 16.1. The number of carbonyl (C=O) groups is 1. The third kappa shape index (κ3) is 3.90. The molecule has 1 aliphatic heterocycles. The molecule has 2 heterocycles. The molecule has 2 N–H and O–H groups in total. The number of likely N-dealkylation sites (tertiary alicyclic amines) is 1. The molecule has 1 aromatic carbocycles. The lowest BCUT2D eigenvalue weighted by Gasteiger charge is -2.14. The SMILES string of the molecule is COc1ccc(-c2cc(C(=O)NCCN3CCCC3)[nH]n2)cc1. The molecule has 0 radical (unpaired) electrons. The smallest absolute Gasteiger partial charge is 0.269 e. The van der Waals surface area contributed by atoms with E-state index in [1.807, 2.05) is 24.3 Å². The van der Waals surface area contributed by atoms with E-state index in [2.05, 4.69) is 20.4 Å². The van der Waals surface area contributed by atoms with Crippen molar-refractivity contribution >= 4 is 5.91 Å². The van der Waals surface area contributed by atoms with Gasteiger partial charge in [-0.25, -0.2) is 0 Å². The van der Waals surface area contributed by atoms with Crippen molar-refractivity contribution < 1.29 is 9.53 Å². The van der Waals surface area contributed by atoms with Gasteiger partial charge in [-0.15, -0.1) is 0 Å². The maximum atomic E-state index is 12.1. The number of amides is 1. The summed E-state index contributed by atoms with van der Waals surface area (Å²) in [6, 6.07) is 9.36. The maximum absolute atomic E-state index is 12.1. The number of ether oxygens (including phenoxy) is 1. The fourth-order valence-electron chi connectivity index (χ4n) is 2.78. The number of aromatic amines is 1. The topological polar surface area (TPSA) is 70.2 Å². The number of aromatic nitrogens is 2. The Bertz CT molecular complexity index is 645. The van der Waals surface area contributed by atoms with E-state index in [1.54, 1.807) is 13.2 Å². The summed E-state index contributed by atoms with van der Waals surface area (Å²) in [7, 11) is 1.63. The van der Waals surface area contributed by atoms with E-state index in [0.29, 0.717) is 12.2 Å². The fraction of sp³-hybridized carbons (Fsp3) is 0.412. The summed E-state index contributed by atoms with van der Waals surface area (Å²) in [5, 5.41) is 9.95. The molecular weight excluding hydrogens is 292 g/mol. The molecule has 0 unspecified atom stereocenters. The van der Waals surface area contributed by atoms with E-state index >= 15 is 0 Å². The van der Waals surface area contributed by atoms with Crippen molar-refractivity contribution in [3.8, 4) is 17.0 Å². The fourth-order valence-corrected chi connectivity index (χ4v) is 2.78. The van der Waals surface area contributed by atoms with Crippen molar-refractivity contribution in [2.45, 2.75) is 12.8 Å². The number of hydrogen-bond donors (Lipinski definition) is 2. The lowest BCUT2D eigenvalue weighted by atomic mass is 10.1. The molecule has 0 bridgehead atoms. The molecule has 2 aromatic rings. The zero-order valence-electron chi connectivity index (χ0n) is 13.3. The van der Waals surface area contributed by atoms with Gasteiger partial charge in [-0.2, -0.15) is 5.10 Å². The molecule has 122 valence electrons. The first-order valence-electron chi connectivity index (χ1n) is 7.96. The van der Waals surface area contributed by atoms with Crippen LogP contribution in [0.2, 0.25) is 0 Å². The van der Waals surface area contributed by atoms with Crippen LogP contribution >= 0.6 is 0 Å². The van der Waals surface area contributed by atoms with Gasteiger partial charge in [0.05, 0.1) is 12.8 Å². The van der Waals surface area contributed by atoms with Crippen molar-refractivity contribution in [1.82, 2.24) is 20.4 Å². The van der Waals surface area contributed by atoms with Crippen molar-refractivity contribution in [3.05, 3.63) is 36.0 Å². The van der Waals surface area contributed by atoms with Gasteiger partial charge >= 0.3 is 0 Å². The van der Waals surface area contributed by atoms with E-state index in [9.17, 15) is 4.79 Å². The minimum atomic E-state index is -0.114. The first kappa shape index (κ1) is 15.6. The Kier molecular flexibility index (Phi) is 4.92. The lowest BCUT2D eigenvalue weighted by molar-refractivity contribution is 0.0944. The van der Waals surface area contributed by atoms with Gasteiger partial charge in [-0.3, -0.25) is 9.89 Å². The number of hydrogen-bond acceptors (Lipinski definition) is 4. The third-order valence-electron chi connectivity index (χ3n) is 4.12. The minimum absolute atomic E-state index is 0.114. The summed E-state index contributed by atoms with van der Waals surface area (Å²) in [5.74, 6) is 0.681. The number of methoxy groups -OCH3 is 1. The molecule has 1 saturated heterocycles. The van der Waals surface area contributed by atoms with Crippen LogP contribution < -0.4 is 10.1 Å². The second kappa shape index (κ2) is 7.28. The van der Waals surface area contributed by atoms with Gasteiger partial charge in [0.2, 0.25) is 0 Å². The van der Waals surface area contributed by atoms with Crippen molar-refractivity contribution in [1.29, 1.82) is 0 Å². The highest BCUT2D eigenvalue weighted by Crippen LogP contribution is 2.21. The van der Waals surface area contributed by atoms with Crippen LogP contribution in [-0.4, -0.2) is 54.3 Å². The molecular formula is C17H22N4O2. The predicted molar refractivity (Wildman–Crippen MR) is 88.6 cm³/mol. The van der Waals surface area contributed by atoms with E-state index < -0.39 is 0 Å². The average molecular weight is 314 g/mol. The van der Waals surface area contributed by atoms with Crippen LogP contribution in [0.25, 0.3) is 11.3 Å². The van der Waals surface area contributed by atoms with E-state index in [1.165, 1.54) is 12.8 Å². The summed E-state index contributed by atoms with van der Waals surface area (Å²) < 4.78 is 5.14. The summed E-state index contributed by atoms with van der Waals surface area (Å²) in [5.41, 5.74) is 2.17. The van der Waals surface area contributed by atoms with Gasteiger partial charge in [0.25, 0.3) is 5.91 Å². The van der Waals surface area contributed by atoms with Gasteiger partial charge < -0.3 is 15.0 Å². The molecule has 0 aliphatic carbocycles. The number of nitrogens with one attached hydrogen (secondary N) is 2. The number of carbonyl (C=O) groups excluding carboxylic acids is 1. The van der Waals surface area contributed by atoms with Crippen LogP contribution in [0.3, 0.4) is 0 Å². The van der Waals surface area contributed by atoms with Crippen LogP contribution in [0.15, 0.2) is 30.3 Å². The predicted octanol–water partition coefficient (Wildman–Crippen LogP) is 1.91. The maximum Gasteiger partial charge on any atom is 0.269 e. The quantitative estimate of drug-likeness (QED) is 0.854. The van der Waals surface area contributed by atoms with Gasteiger partial charge in [0.1, 0.15) is 11.4 Å². The summed E-state index contributed by atoms with van der Waals surface area (Å²) in [6.07, 6.45) is 2.53. The Morgan fingerprint density at radius 1 is 1.30 bits per heavy atom. The summed E-state index contributed by atoms with van der Waals surface area (Å²) in [4.78, 5) is 14.5. The van der Waals surface area contributed by atoms with Crippen molar-refractivity contribution in [2.24, 2.45) is 0 Å². The van der Waals surface area contributed by atoms with E-state index in [-0.39, 0.29) is 5.91 Å². The molecule has 1 fully saturated rings. The molecule has 6 heteroatoms. The zero-order valence-corrected chi connectivity index (χ0v) is 13.3. The monoisotopic (exact) mass is 314 g/mol. The first-order valence-corrected chi connectivity index (χ1v) is 7.96. The standard InChI is InChI=1S/C17H22N4O2/c1-23-14-6-4-13(5-7-14)15-12-16(20-19-15)17(22)18-8-11-21-9-2-3-10-21/h4-7,12H,2-3,8-11H2,1H3,(H,18,22)(H,19,20). The van der Waals surface area contributed by atoms with E-state index in [4.69, 9.17) is 4.74 Å². The van der Waals surface area contributed by atoms with Crippen LogP contribution in [-0.2, 0) is 0 Å². The van der Waals surface area contributed by atoms with E-state index in [0.717, 1.165) is 36.6 Å². The number of benzene rings is 1. The average Bonchev–Trinajstić information content (AvgIpc) is 3.26. The van der Waals surface area contributed by atoms with Gasteiger partial charge in [-0.1, -0.05) is 0 Å². The van der Waals surface area contributed by atoms with Crippen LogP contribution in [0, 0.1) is 0 Å². The molecule has 1 aromatic heterocycles. The highest BCUT2D eigenvalue weighted by molar-refractivity contribution is 5.93. The normalized spacial score (nSPS) is 14.8. The third-order valence-corrected chi connectivity index (χ3v) is 4.12. The first-order chi connectivity index (χ1) is 11.3. The molecule has 0 saturated carbocycles. The molecule has 1 amide bonds. The number of nitrogens with zero attached hydrogens (tertiary/aromatic N) is 2. The number of H-pyrrole nitrogens is 1. The Hall–Kier alpha value is -2.34. The molecule has 1 aliphatic rings. The largest absolute Gasteiger partial charge is 0.497 e. The Morgan fingerprint density at radius 2 is 2.04 bits per heavy atom. The van der Waals surface area contributed by atoms with Gasteiger partial charge in [0, 0.05) is 18.7 Å². The second-order valence-corrected chi connectivity index (χ2v) is 5.70. The summed E-state index contributed by atoms with van der Waals surface area (Å²) in [6.45, 7) is 3.85. The van der Waals surface area contributed by atoms with Crippen molar-refractivity contribution in [2.75, 3.05) is 33.3 Å². The van der Waals surface area contributed by atoms with Gasteiger partial charge in [0.15, 0.2) is 0 Å². The summed E-state index contributed by atoms with van der Waals surface area (Å²) >= 11 is 0. The minimum Gasteiger partial charge on any atom is -0.497 e. The number of rotatable bonds is 6. The Balaban J connectivity index is 1.55. The molecule has 0 spiro atoms. The molecule has 3 rings (SSSR count). The second-order valence-electron chi connectivity index (χ2n) is 5.70. The lowest BCUT2D eigenvalue weighted by Crippen LogP contribution is -2.33. The Labute approximate surface area is 135 Å². The Morgan fingerprint density at radius 3 is 2.74 bits per heavy atom.